The summed E-state index contributed by atoms with van der Waals surface area (Å²) in [4.78, 5) is 21.3. The first-order valence-electron chi connectivity index (χ1n) is 4.31. The SMILES string of the molecule is CC(C)(O)C(C)(C)NC(=O)CC(=O)O. The first-order valence-corrected chi connectivity index (χ1v) is 4.31. The average molecular weight is 203 g/mol. The first kappa shape index (κ1) is 12.9. The van der Waals surface area contributed by atoms with E-state index in [0.29, 0.717) is 0 Å². The number of aliphatic carboxylic acids is 1. The van der Waals surface area contributed by atoms with E-state index in [0.717, 1.165) is 0 Å². The zero-order valence-corrected chi connectivity index (χ0v) is 8.92. The number of amides is 1. The lowest BCUT2D eigenvalue weighted by Crippen LogP contribution is -2.57. The van der Waals surface area contributed by atoms with Gasteiger partial charge in [0.2, 0.25) is 5.91 Å². The van der Waals surface area contributed by atoms with Gasteiger partial charge in [-0.3, -0.25) is 9.59 Å². The average Bonchev–Trinajstić information content (AvgIpc) is 1.79. The van der Waals surface area contributed by atoms with Crippen LogP contribution in [0.5, 0.6) is 0 Å². The maximum atomic E-state index is 11.1. The van der Waals surface area contributed by atoms with E-state index in [1.807, 2.05) is 0 Å². The fourth-order valence-electron chi connectivity index (χ4n) is 0.683. The van der Waals surface area contributed by atoms with Crippen LogP contribution in [-0.4, -0.2) is 33.2 Å². The molecule has 0 aromatic rings. The van der Waals surface area contributed by atoms with E-state index in [4.69, 9.17) is 5.11 Å². The summed E-state index contributed by atoms with van der Waals surface area (Å²) in [7, 11) is 0. The largest absolute Gasteiger partial charge is 0.481 e. The van der Waals surface area contributed by atoms with Crippen molar-refractivity contribution in [2.24, 2.45) is 0 Å². The van der Waals surface area contributed by atoms with Gasteiger partial charge in [-0.2, -0.15) is 0 Å². The van der Waals surface area contributed by atoms with Crippen LogP contribution in [0.15, 0.2) is 0 Å². The van der Waals surface area contributed by atoms with E-state index in [-0.39, 0.29) is 0 Å². The second kappa shape index (κ2) is 3.96. The highest BCUT2D eigenvalue weighted by Crippen LogP contribution is 2.20. The van der Waals surface area contributed by atoms with E-state index in [2.05, 4.69) is 5.32 Å². The van der Waals surface area contributed by atoms with Gasteiger partial charge in [0, 0.05) is 0 Å². The number of hydrogen-bond donors (Lipinski definition) is 3. The molecule has 82 valence electrons. The Labute approximate surface area is 83.1 Å². The Hall–Kier alpha value is -1.10. The van der Waals surface area contributed by atoms with Crippen LogP contribution in [0.4, 0.5) is 0 Å². The van der Waals surface area contributed by atoms with Crippen molar-refractivity contribution >= 4 is 11.9 Å². The number of rotatable bonds is 4. The lowest BCUT2D eigenvalue weighted by Gasteiger charge is -2.37. The minimum atomic E-state index is -1.19. The van der Waals surface area contributed by atoms with Crippen molar-refractivity contribution in [2.45, 2.75) is 45.3 Å². The van der Waals surface area contributed by atoms with E-state index >= 15 is 0 Å². The first-order chi connectivity index (χ1) is 6.06. The molecule has 0 rings (SSSR count). The Morgan fingerprint density at radius 3 is 1.93 bits per heavy atom. The monoisotopic (exact) mass is 203 g/mol. The van der Waals surface area contributed by atoms with Crippen molar-refractivity contribution in [3.8, 4) is 0 Å². The van der Waals surface area contributed by atoms with Gasteiger partial charge in [0.15, 0.2) is 0 Å². The molecule has 1 amide bonds. The Balaban J connectivity index is 4.37. The molecule has 0 bridgehead atoms. The number of carbonyl (C=O) groups excluding carboxylic acids is 1. The molecule has 0 unspecified atom stereocenters. The molecule has 0 saturated heterocycles. The Kier molecular flexibility index (Phi) is 3.65. The van der Waals surface area contributed by atoms with Crippen LogP contribution < -0.4 is 5.32 Å². The third kappa shape index (κ3) is 3.74. The Morgan fingerprint density at radius 2 is 1.64 bits per heavy atom. The van der Waals surface area contributed by atoms with Crippen LogP contribution in [-0.2, 0) is 9.59 Å². The number of carboxylic acids is 1. The summed E-state index contributed by atoms with van der Waals surface area (Å²) in [5.74, 6) is -1.79. The number of carbonyl (C=O) groups is 2. The van der Waals surface area contributed by atoms with Gasteiger partial charge in [-0.1, -0.05) is 0 Å². The summed E-state index contributed by atoms with van der Waals surface area (Å²) in [6, 6.07) is 0. The molecular weight excluding hydrogens is 186 g/mol. The molecule has 5 heteroatoms. The number of aliphatic hydroxyl groups is 1. The summed E-state index contributed by atoms with van der Waals surface area (Å²) in [6.07, 6.45) is -0.584. The molecule has 0 aromatic carbocycles. The molecule has 0 aromatic heterocycles. The van der Waals surface area contributed by atoms with Crippen LogP contribution >= 0.6 is 0 Å². The predicted molar refractivity (Wildman–Crippen MR) is 50.8 cm³/mol. The third-order valence-electron chi connectivity index (χ3n) is 2.29. The Morgan fingerprint density at radius 1 is 1.21 bits per heavy atom. The highest BCUT2D eigenvalue weighted by atomic mass is 16.4. The summed E-state index contributed by atoms with van der Waals surface area (Å²) < 4.78 is 0. The molecule has 0 radical (unpaired) electrons. The fraction of sp³-hybridized carbons (Fsp3) is 0.778. The van der Waals surface area contributed by atoms with Crippen molar-refractivity contribution in [3.63, 3.8) is 0 Å². The second-order valence-electron chi connectivity index (χ2n) is 4.30. The molecule has 0 saturated carbocycles. The van der Waals surface area contributed by atoms with Gasteiger partial charge < -0.3 is 15.5 Å². The molecular formula is C9H17NO4. The quantitative estimate of drug-likeness (QED) is 0.567. The second-order valence-corrected chi connectivity index (χ2v) is 4.30. The lowest BCUT2D eigenvalue weighted by molar-refractivity contribution is -0.142. The number of nitrogens with one attached hydrogen (secondary N) is 1. The van der Waals surface area contributed by atoms with Crippen LogP contribution in [0, 0.1) is 0 Å². The summed E-state index contributed by atoms with van der Waals surface area (Å²) in [5, 5.41) is 20.5. The zero-order chi connectivity index (χ0) is 11.6. The molecule has 0 fully saturated rings. The molecule has 3 N–H and O–H groups in total. The molecule has 14 heavy (non-hydrogen) atoms. The van der Waals surface area contributed by atoms with E-state index < -0.39 is 29.4 Å². The smallest absolute Gasteiger partial charge is 0.312 e. The minimum Gasteiger partial charge on any atom is -0.481 e. The molecule has 0 aliphatic heterocycles. The third-order valence-corrected chi connectivity index (χ3v) is 2.29. The van der Waals surface area contributed by atoms with Crippen LogP contribution in [0.2, 0.25) is 0 Å². The highest BCUT2D eigenvalue weighted by Gasteiger charge is 2.36. The molecule has 0 spiro atoms. The lowest BCUT2D eigenvalue weighted by atomic mass is 9.86. The van der Waals surface area contributed by atoms with Crippen LogP contribution in [0.3, 0.4) is 0 Å². The van der Waals surface area contributed by atoms with Gasteiger partial charge in [-0.15, -0.1) is 0 Å². The van der Waals surface area contributed by atoms with Crippen molar-refractivity contribution in [3.05, 3.63) is 0 Å². The molecule has 5 nitrogen and oxygen atoms in total. The van der Waals surface area contributed by atoms with Crippen molar-refractivity contribution in [2.75, 3.05) is 0 Å². The summed E-state index contributed by atoms with van der Waals surface area (Å²) in [6.45, 7) is 6.36. The fourth-order valence-corrected chi connectivity index (χ4v) is 0.683. The van der Waals surface area contributed by atoms with E-state index in [9.17, 15) is 14.7 Å². The topological polar surface area (TPSA) is 86.6 Å². The Bertz CT molecular complexity index is 240. The molecule has 0 atom stereocenters. The number of carboxylic acid groups (broad SMARTS) is 1. The van der Waals surface area contributed by atoms with Crippen LogP contribution in [0.1, 0.15) is 34.1 Å². The minimum absolute atomic E-state index is 0.584. The standard InChI is InChI=1S/C9H17NO4/c1-8(2,9(3,4)14)10-6(11)5-7(12)13/h14H,5H2,1-4H3,(H,10,11)(H,12,13). The molecule has 0 aliphatic rings. The maximum absolute atomic E-state index is 11.1. The molecule has 0 aliphatic carbocycles. The van der Waals surface area contributed by atoms with Gasteiger partial charge in [-0.25, -0.2) is 0 Å². The predicted octanol–water partition coefficient (Wildman–Crippen LogP) is 0.127. The molecule has 0 heterocycles. The normalized spacial score (nSPS) is 12.4. The van der Waals surface area contributed by atoms with E-state index in [1.165, 1.54) is 0 Å². The van der Waals surface area contributed by atoms with Gasteiger partial charge >= 0.3 is 5.97 Å². The van der Waals surface area contributed by atoms with Crippen LogP contribution in [0.25, 0.3) is 0 Å². The summed E-state index contributed by atoms with van der Waals surface area (Å²) >= 11 is 0. The number of hydrogen-bond acceptors (Lipinski definition) is 3. The van der Waals surface area contributed by atoms with Gasteiger partial charge in [-0.05, 0) is 27.7 Å². The van der Waals surface area contributed by atoms with Gasteiger partial charge in [0.05, 0.1) is 11.1 Å². The zero-order valence-electron chi connectivity index (χ0n) is 8.92. The van der Waals surface area contributed by atoms with Crippen molar-refractivity contribution in [1.29, 1.82) is 0 Å². The van der Waals surface area contributed by atoms with Crippen molar-refractivity contribution < 1.29 is 19.8 Å². The summed E-state index contributed by atoms with van der Waals surface area (Å²) in [5.41, 5.74) is -1.97. The van der Waals surface area contributed by atoms with E-state index in [1.54, 1.807) is 27.7 Å². The maximum Gasteiger partial charge on any atom is 0.312 e. The van der Waals surface area contributed by atoms with Crippen molar-refractivity contribution in [1.82, 2.24) is 5.32 Å². The van der Waals surface area contributed by atoms with Gasteiger partial charge in [0.25, 0.3) is 0 Å². The highest BCUT2D eigenvalue weighted by molar-refractivity contribution is 5.93. The van der Waals surface area contributed by atoms with Gasteiger partial charge in [0.1, 0.15) is 6.42 Å².